The van der Waals surface area contributed by atoms with E-state index in [1.165, 1.54) is 5.56 Å². The average Bonchev–Trinajstić information content (AvgIpc) is 2.73. The maximum absolute atomic E-state index is 12.5. The van der Waals surface area contributed by atoms with Crippen molar-refractivity contribution in [3.8, 4) is 0 Å². The van der Waals surface area contributed by atoms with Gasteiger partial charge in [0.1, 0.15) is 6.54 Å². The largest absolute Gasteiger partial charge is 0.353 e. The van der Waals surface area contributed by atoms with Crippen molar-refractivity contribution in [2.45, 2.75) is 31.8 Å². The number of aromatic nitrogens is 2. The van der Waals surface area contributed by atoms with Crippen LogP contribution in [0, 0.1) is 0 Å². The van der Waals surface area contributed by atoms with Crippen LogP contribution in [0.25, 0.3) is 10.8 Å². The van der Waals surface area contributed by atoms with Crippen LogP contribution in [-0.4, -0.2) is 35.2 Å². The molecule has 2 heterocycles. The lowest BCUT2D eigenvalue weighted by molar-refractivity contribution is -0.918. The highest BCUT2D eigenvalue weighted by Gasteiger charge is 2.24. The van der Waals surface area contributed by atoms with Gasteiger partial charge >= 0.3 is 0 Å². The van der Waals surface area contributed by atoms with Crippen LogP contribution in [0.3, 0.4) is 0 Å². The van der Waals surface area contributed by atoms with E-state index < -0.39 is 0 Å². The van der Waals surface area contributed by atoms with Crippen LogP contribution in [0.5, 0.6) is 0 Å². The Labute approximate surface area is 163 Å². The molecule has 0 atom stereocenters. The Hall–Kier alpha value is -2.99. The highest BCUT2D eigenvalue weighted by atomic mass is 16.1. The molecular formula is C22H25N4O2+. The molecule has 1 aliphatic rings. The predicted octanol–water partition coefficient (Wildman–Crippen LogP) is 0.829. The summed E-state index contributed by atoms with van der Waals surface area (Å²) in [5, 5.41) is 11.0. The van der Waals surface area contributed by atoms with Crippen molar-refractivity contribution in [3.05, 3.63) is 76.2 Å². The SMILES string of the molecule is O=C(Cc1n[nH]c(=O)c2ccccc12)NC1CC[NH+](Cc2ccccc2)CC1. The van der Waals surface area contributed by atoms with E-state index in [4.69, 9.17) is 0 Å². The number of H-pyrrole nitrogens is 1. The molecule has 144 valence electrons. The highest BCUT2D eigenvalue weighted by molar-refractivity contribution is 5.88. The molecule has 0 saturated carbocycles. The molecule has 28 heavy (non-hydrogen) atoms. The maximum Gasteiger partial charge on any atom is 0.272 e. The number of carbonyl (C=O) groups excluding carboxylic acids is 1. The summed E-state index contributed by atoms with van der Waals surface area (Å²) < 4.78 is 0. The van der Waals surface area contributed by atoms with E-state index in [1.54, 1.807) is 11.0 Å². The highest BCUT2D eigenvalue weighted by Crippen LogP contribution is 2.13. The Morgan fingerprint density at radius 3 is 2.46 bits per heavy atom. The second-order valence-corrected chi connectivity index (χ2v) is 7.48. The van der Waals surface area contributed by atoms with Gasteiger partial charge < -0.3 is 10.2 Å². The van der Waals surface area contributed by atoms with Gasteiger partial charge in [-0.05, 0) is 6.07 Å². The number of carbonyl (C=O) groups is 1. The van der Waals surface area contributed by atoms with Crippen LogP contribution in [0.1, 0.15) is 24.1 Å². The number of hydrogen-bond donors (Lipinski definition) is 3. The number of nitrogens with zero attached hydrogens (tertiary/aromatic N) is 1. The molecule has 1 saturated heterocycles. The number of fused-ring (bicyclic) bond motifs is 1. The summed E-state index contributed by atoms with van der Waals surface area (Å²) in [4.78, 5) is 26.0. The quantitative estimate of drug-likeness (QED) is 0.616. The number of likely N-dealkylation sites (tertiary alicyclic amines) is 1. The number of hydrogen-bond acceptors (Lipinski definition) is 3. The molecule has 1 aliphatic heterocycles. The molecule has 1 aromatic heterocycles. The molecule has 0 unspecified atom stereocenters. The van der Waals surface area contributed by atoms with E-state index in [9.17, 15) is 9.59 Å². The van der Waals surface area contributed by atoms with Crippen LogP contribution in [0.4, 0.5) is 0 Å². The van der Waals surface area contributed by atoms with Crippen molar-refractivity contribution in [2.24, 2.45) is 0 Å². The van der Waals surface area contributed by atoms with Gasteiger partial charge in [-0.2, -0.15) is 5.10 Å². The summed E-state index contributed by atoms with van der Waals surface area (Å²) in [5.74, 6) is -0.0405. The fraction of sp³-hybridized carbons (Fsp3) is 0.318. The second kappa shape index (κ2) is 8.35. The van der Waals surface area contributed by atoms with Crippen LogP contribution in [-0.2, 0) is 17.8 Å². The van der Waals surface area contributed by atoms with E-state index >= 15 is 0 Å². The third kappa shape index (κ3) is 4.28. The summed E-state index contributed by atoms with van der Waals surface area (Å²) in [5.41, 5.74) is 1.74. The standard InChI is InChI=1S/C22H24N4O2/c27-21(14-20-18-8-4-5-9-19(18)22(28)25-24-20)23-17-10-12-26(13-11-17)15-16-6-2-1-3-7-16/h1-9,17H,10-15H2,(H,23,27)(H,25,28)/p+1. The van der Waals surface area contributed by atoms with Crippen molar-refractivity contribution < 1.29 is 9.69 Å². The first-order valence-corrected chi connectivity index (χ1v) is 9.82. The Bertz CT molecular complexity index is 1010. The first-order valence-electron chi connectivity index (χ1n) is 9.82. The first-order chi connectivity index (χ1) is 13.7. The zero-order valence-corrected chi connectivity index (χ0v) is 15.8. The third-order valence-corrected chi connectivity index (χ3v) is 5.46. The Morgan fingerprint density at radius 1 is 1.04 bits per heavy atom. The van der Waals surface area contributed by atoms with E-state index in [-0.39, 0.29) is 23.9 Å². The summed E-state index contributed by atoms with van der Waals surface area (Å²) >= 11 is 0. The zero-order chi connectivity index (χ0) is 19.3. The van der Waals surface area contributed by atoms with Gasteiger partial charge in [0.2, 0.25) is 5.91 Å². The maximum atomic E-state index is 12.5. The molecule has 3 N–H and O–H groups in total. The van der Waals surface area contributed by atoms with E-state index in [1.807, 2.05) is 24.3 Å². The summed E-state index contributed by atoms with van der Waals surface area (Å²) in [6, 6.07) is 18.0. The lowest BCUT2D eigenvalue weighted by Crippen LogP contribution is -3.12. The lowest BCUT2D eigenvalue weighted by atomic mass is 10.0. The van der Waals surface area contributed by atoms with E-state index in [0.29, 0.717) is 11.1 Å². The summed E-state index contributed by atoms with van der Waals surface area (Å²) in [7, 11) is 0. The minimum absolute atomic E-state index is 0.0405. The fourth-order valence-electron chi connectivity index (χ4n) is 3.97. The van der Waals surface area contributed by atoms with Crippen LogP contribution < -0.4 is 15.8 Å². The van der Waals surface area contributed by atoms with Crippen molar-refractivity contribution in [1.29, 1.82) is 0 Å². The van der Waals surface area contributed by atoms with Crippen LogP contribution in [0.2, 0.25) is 0 Å². The molecule has 2 aromatic carbocycles. The molecule has 6 nitrogen and oxygen atoms in total. The molecule has 0 aliphatic carbocycles. The van der Waals surface area contributed by atoms with Gasteiger partial charge in [-0.1, -0.05) is 48.5 Å². The van der Waals surface area contributed by atoms with E-state index in [0.717, 1.165) is 37.9 Å². The molecule has 0 spiro atoms. The first kappa shape index (κ1) is 18.4. The lowest BCUT2D eigenvalue weighted by Gasteiger charge is -2.29. The normalized spacial score (nSPS) is 19.4. The van der Waals surface area contributed by atoms with Crippen molar-refractivity contribution >= 4 is 16.7 Å². The summed E-state index contributed by atoms with van der Waals surface area (Å²) in [6.07, 6.45) is 2.13. The number of quaternary nitrogens is 1. The number of rotatable bonds is 5. The second-order valence-electron chi connectivity index (χ2n) is 7.48. The van der Waals surface area contributed by atoms with Gasteiger partial charge in [-0.25, -0.2) is 5.10 Å². The molecule has 1 amide bonds. The van der Waals surface area contributed by atoms with Gasteiger partial charge in [0, 0.05) is 29.8 Å². The third-order valence-electron chi connectivity index (χ3n) is 5.46. The smallest absolute Gasteiger partial charge is 0.272 e. The minimum Gasteiger partial charge on any atom is -0.353 e. The number of piperidine rings is 1. The van der Waals surface area contributed by atoms with Gasteiger partial charge in [-0.3, -0.25) is 9.59 Å². The Balaban J connectivity index is 1.32. The number of aromatic amines is 1. The van der Waals surface area contributed by atoms with Gasteiger partial charge in [0.05, 0.1) is 30.6 Å². The molecule has 3 aromatic rings. The molecule has 1 fully saturated rings. The molecule has 0 radical (unpaired) electrons. The number of benzene rings is 2. The average molecular weight is 377 g/mol. The molecular weight excluding hydrogens is 352 g/mol. The van der Waals surface area contributed by atoms with Gasteiger partial charge in [-0.15, -0.1) is 0 Å². The van der Waals surface area contributed by atoms with Crippen LogP contribution >= 0.6 is 0 Å². The monoisotopic (exact) mass is 377 g/mol. The van der Waals surface area contributed by atoms with Crippen molar-refractivity contribution in [2.75, 3.05) is 13.1 Å². The number of amides is 1. The molecule has 4 rings (SSSR count). The molecule has 0 bridgehead atoms. The van der Waals surface area contributed by atoms with E-state index in [2.05, 4.69) is 39.8 Å². The summed E-state index contributed by atoms with van der Waals surface area (Å²) in [6.45, 7) is 3.15. The van der Waals surface area contributed by atoms with Crippen LogP contribution in [0.15, 0.2) is 59.4 Å². The van der Waals surface area contributed by atoms with Gasteiger partial charge in [0.15, 0.2) is 0 Å². The van der Waals surface area contributed by atoms with Gasteiger partial charge in [0.25, 0.3) is 5.56 Å². The zero-order valence-electron chi connectivity index (χ0n) is 15.8. The Morgan fingerprint density at radius 2 is 1.71 bits per heavy atom. The topological polar surface area (TPSA) is 79.3 Å². The minimum atomic E-state index is -0.228. The Kier molecular flexibility index (Phi) is 5.48. The number of nitrogens with one attached hydrogen (secondary N) is 3. The predicted molar refractivity (Wildman–Crippen MR) is 108 cm³/mol. The fourth-order valence-corrected chi connectivity index (χ4v) is 3.97. The van der Waals surface area contributed by atoms with Crippen molar-refractivity contribution in [1.82, 2.24) is 15.5 Å². The van der Waals surface area contributed by atoms with Crippen molar-refractivity contribution in [3.63, 3.8) is 0 Å². The molecule has 6 heteroatoms.